The zero-order valence-corrected chi connectivity index (χ0v) is 24.7. The molecule has 210 valence electrons. The van der Waals surface area contributed by atoms with Crippen molar-refractivity contribution in [2.45, 2.75) is 44.8 Å². The van der Waals surface area contributed by atoms with Crippen molar-refractivity contribution in [2.75, 3.05) is 18.4 Å². The molecule has 1 aliphatic heterocycles. The first-order chi connectivity index (χ1) is 18.9. The highest BCUT2D eigenvalue weighted by molar-refractivity contribution is 9.10. The first kappa shape index (κ1) is 29.6. The Morgan fingerprint density at radius 1 is 1.07 bits per heavy atom. The first-order valence-corrected chi connectivity index (χ1v) is 13.9. The van der Waals surface area contributed by atoms with Gasteiger partial charge >= 0.3 is 6.09 Å². The molecular weight excluding hydrogens is 601 g/mol. The molecule has 10 heteroatoms. The number of benzene rings is 3. The molecule has 0 bridgehead atoms. The summed E-state index contributed by atoms with van der Waals surface area (Å²) in [5.41, 5.74) is -0.171. The van der Waals surface area contributed by atoms with Gasteiger partial charge in [-0.15, -0.1) is 0 Å². The Balaban J connectivity index is 1.57. The third kappa shape index (κ3) is 6.82. The van der Waals surface area contributed by atoms with E-state index in [1.54, 1.807) is 45.0 Å². The van der Waals surface area contributed by atoms with E-state index in [4.69, 9.17) is 16.3 Å². The summed E-state index contributed by atoms with van der Waals surface area (Å²) in [5.74, 6) is -1.27. The predicted molar refractivity (Wildman–Crippen MR) is 156 cm³/mol. The highest BCUT2D eigenvalue weighted by Crippen LogP contribution is 2.38. The topological polar surface area (TPSA) is 87.7 Å². The third-order valence-corrected chi connectivity index (χ3v) is 7.42. The number of hydrogen-bond acceptors (Lipinski definition) is 4. The molecule has 4 rings (SSSR count). The van der Waals surface area contributed by atoms with E-state index in [0.29, 0.717) is 24.2 Å². The summed E-state index contributed by atoms with van der Waals surface area (Å²) in [6.07, 6.45) is -0.115. The van der Waals surface area contributed by atoms with Crippen molar-refractivity contribution in [1.82, 2.24) is 10.2 Å². The fraction of sp³-hybridized carbons (Fsp3) is 0.300. The van der Waals surface area contributed by atoms with Gasteiger partial charge in [0.1, 0.15) is 11.4 Å². The number of hydrogen-bond donors (Lipinski definition) is 2. The van der Waals surface area contributed by atoms with Crippen molar-refractivity contribution in [3.63, 3.8) is 0 Å². The second-order valence-electron chi connectivity index (χ2n) is 10.7. The Bertz CT molecular complexity index is 1440. The Morgan fingerprint density at radius 2 is 1.82 bits per heavy atom. The lowest BCUT2D eigenvalue weighted by molar-refractivity contribution is -0.121. The molecule has 1 aliphatic rings. The monoisotopic (exact) mass is 629 g/mol. The Kier molecular flexibility index (Phi) is 8.85. The summed E-state index contributed by atoms with van der Waals surface area (Å²) in [7, 11) is 0. The van der Waals surface area contributed by atoms with Crippen molar-refractivity contribution >= 4 is 51.1 Å². The zero-order chi connectivity index (χ0) is 29.1. The van der Waals surface area contributed by atoms with Crippen LogP contribution in [-0.4, -0.2) is 41.5 Å². The number of carbonyl (C=O) groups excluding carboxylic acids is 3. The van der Waals surface area contributed by atoms with Crippen LogP contribution in [0.4, 0.5) is 14.9 Å². The number of amides is 3. The van der Waals surface area contributed by atoms with Gasteiger partial charge in [-0.25, -0.2) is 9.18 Å². The summed E-state index contributed by atoms with van der Waals surface area (Å²) in [4.78, 5) is 41.2. The molecule has 1 unspecified atom stereocenters. The van der Waals surface area contributed by atoms with Crippen molar-refractivity contribution in [3.8, 4) is 0 Å². The average Bonchev–Trinajstić information content (AvgIpc) is 3.35. The molecule has 1 atom stereocenters. The molecular formula is C30H30BrClFN3O4. The van der Waals surface area contributed by atoms with E-state index < -0.39 is 28.8 Å². The van der Waals surface area contributed by atoms with Crippen LogP contribution in [0, 0.1) is 5.82 Å². The molecule has 7 nitrogen and oxygen atoms in total. The van der Waals surface area contributed by atoms with Gasteiger partial charge in [0.25, 0.3) is 5.91 Å². The maximum Gasteiger partial charge on any atom is 0.410 e. The van der Waals surface area contributed by atoms with Crippen molar-refractivity contribution in [3.05, 3.63) is 98.7 Å². The molecule has 1 saturated heterocycles. The molecule has 0 saturated carbocycles. The molecule has 40 heavy (non-hydrogen) atoms. The van der Waals surface area contributed by atoms with Crippen LogP contribution in [0.15, 0.2) is 71.2 Å². The standard InChI is InChI=1S/C30H30BrClFN3O4/c1-29(2,3)40-28(39)36-14-13-30(18-36,20-8-6-9-21(31)15-20)27(38)35-22-11-12-24(32)23(16-22)26(37)34-17-19-7-4-5-10-25(19)33/h4-12,15-16H,13-14,17-18H2,1-3H3,(H,34,37)(H,35,38). The summed E-state index contributed by atoms with van der Waals surface area (Å²) < 4.78 is 20.3. The quantitative estimate of drug-likeness (QED) is 0.318. The third-order valence-electron chi connectivity index (χ3n) is 6.60. The molecule has 0 radical (unpaired) electrons. The van der Waals surface area contributed by atoms with E-state index in [2.05, 4.69) is 26.6 Å². The van der Waals surface area contributed by atoms with Gasteiger partial charge in [-0.05, 0) is 69.2 Å². The smallest absolute Gasteiger partial charge is 0.410 e. The van der Waals surface area contributed by atoms with Gasteiger partial charge in [0.2, 0.25) is 5.91 Å². The van der Waals surface area contributed by atoms with Gasteiger partial charge in [-0.2, -0.15) is 0 Å². The van der Waals surface area contributed by atoms with Gasteiger partial charge in [-0.1, -0.05) is 57.9 Å². The van der Waals surface area contributed by atoms with Gasteiger partial charge < -0.3 is 20.3 Å². The van der Waals surface area contributed by atoms with E-state index in [1.807, 2.05) is 24.3 Å². The molecule has 1 fully saturated rings. The van der Waals surface area contributed by atoms with Crippen LogP contribution in [0.1, 0.15) is 48.7 Å². The number of nitrogens with one attached hydrogen (secondary N) is 2. The fourth-order valence-electron chi connectivity index (χ4n) is 4.57. The highest BCUT2D eigenvalue weighted by Gasteiger charge is 2.48. The summed E-state index contributed by atoms with van der Waals surface area (Å²) in [6, 6.07) is 18.2. The minimum atomic E-state index is -1.06. The van der Waals surface area contributed by atoms with E-state index >= 15 is 0 Å². The van der Waals surface area contributed by atoms with E-state index in [9.17, 15) is 18.8 Å². The summed E-state index contributed by atoms with van der Waals surface area (Å²) in [6.45, 7) is 5.80. The Labute approximate surface area is 246 Å². The van der Waals surface area contributed by atoms with Crippen molar-refractivity contribution in [1.29, 1.82) is 0 Å². The molecule has 0 aromatic heterocycles. The number of halogens is 3. The maximum absolute atomic E-state index is 14.0. The Morgan fingerprint density at radius 3 is 2.52 bits per heavy atom. The minimum Gasteiger partial charge on any atom is -0.444 e. The number of nitrogens with zero attached hydrogens (tertiary/aromatic N) is 1. The fourth-order valence-corrected chi connectivity index (χ4v) is 5.17. The minimum absolute atomic E-state index is 0.0229. The van der Waals surface area contributed by atoms with Crippen LogP contribution in [0.5, 0.6) is 0 Å². The van der Waals surface area contributed by atoms with E-state index in [1.165, 1.54) is 23.1 Å². The summed E-state index contributed by atoms with van der Waals surface area (Å²) >= 11 is 9.79. The molecule has 1 heterocycles. The number of ether oxygens (including phenoxy) is 1. The Hall–Kier alpha value is -3.43. The van der Waals surface area contributed by atoms with Crippen LogP contribution in [0.3, 0.4) is 0 Å². The highest BCUT2D eigenvalue weighted by atomic mass is 79.9. The van der Waals surface area contributed by atoms with Crippen LogP contribution < -0.4 is 10.6 Å². The first-order valence-electron chi connectivity index (χ1n) is 12.7. The second kappa shape index (κ2) is 12.0. The van der Waals surface area contributed by atoms with Crippen LogP contribution in [-0.2, 0) is 21.5 Å². The molecule has 0 aliphatic carbocycles. The number of carbonyl (C=O) groups is 3. The van der Waals surface area contributed by atoms with Gasteiger partial charge in [0.15, 0.2) is 0 Å². The molecule has 2 N–H and O–H groups in total. The molecule has 3 aromatic rings. The van der Waals surface area contributed by atoms with Gasteiger partial charge in [0, 0.05) is 35.4 Å². The van der Waals surface area contributed by atoms with Crippen LogP contribution in [0.2, 0.25) is 5.02 Å². The van der Waals surface area contributed by atoms with Gasteiger partial charge in [0.05, 0.1) is 16.0 Å². The lowest BCUT2D eigenvalue weighted by atomic mass is 9.78. The number of likely N-dealkylation sites (tertiary alicyclic amines) is 1. The predicted octanol–water partition coefficient (Wildman–Crippen LogP) is 6.69. The summed E-state index contributed by atoms with van der Waals surface area (Å²) in [5, 5.41) is 5.78. The number of anilines is 1. The molecule has 3 amide bonds. The van der Waals surface area contributed by atoms with Gasteiger partial charge in [-0.3, -0.25) is 9.59 Å². The maximum atomic E-state index is 14.0. The van der Waals surface area contributed by atoms with E-state index in [0.717, 1.165) is 10.0 Å². The largest absolute Gasteiger partial charge is 0.444 e. The SMILES string of the molecule is CC(C)(C)OC(=O)N1CCC(C(=O)Nc2ccc(Cl)c(C(=O)NCc3ccccc3F)c2)(c2cccc(Br)c2)C1. The lowest BCUT2D eigenvalue weighted by Gasteiger charge is -2.30. The van der Waals surface area contributed by atoms with Crippen LogP contribution in [0.25, 0.3) is 0 Å². The molecule has 3 aromatic carbocycles. The number of rotatable bonds is 6. The van der Waals surface area contributed by atoms with E-state index in [-0.39, 0.29) is 29.6 Å². The van der Waals surface area contributed by atoms with Crippen molar-refractivity contribution < 1.29 is 23.5 Å². The second-order valence-corrected chi connectivity index (χ2v) is 12.0. The molecule has 0 spiro atoms. The zero-order valence-electron chi connectivity index (χ0n) is 22.4. The normalized spacial score (nSPS) is 16.9. The van der Waals surface area contributed by atoms with Crippen LogP contribution >= 0.6 is 27.5 Å². The average molecular weight is 631 g/mol. The lowest BCUT2D eigenvalue weighted by Crippen LogP contribution is -2.44. The van der Waals surface area contributed by atoms with Crippen molar-refractivity contribution in [2.24, 2.45) is 0 Å².